The van der Waals surface area contributed by atoms with Gasteiger partial charge in [0.15, 0.2) is 5.78 Å². The van der Waals surface area contributed by atoms with Crippen molar-refractivity contribution >= 4 is 45.7 Å². The fraction of sp³-hybridized carbons (Fsp3) is 0.269. The first-order valence-corrected chi connectivity index (χ1v) is 12.3. The number of Topliss-reactive ketones (excluding diaryl/α,β-unsaturated/α-hetero) is 1. The molecule has 0 atom stereocenters. The lowest BCUT2D eigenvalue weighted by Gasteiger charge is -2.61. The molecule has 7 rings (SSSR count). The summed E-state index contributed by atoms with van der Waals surface area (Å²) in [7, 11) is 1.53. The smallest absolute Gasteiger partial charge is 0.255 e. The summed E-state index contributed by atoms with van der Waals surface area (Å²) in [6, 6.07) is 9.32. The van der Waals surface area contributed by atoms with Crippen LogP contribution in [0.5, 0.6) is 0 Å². The average molecular weight is 495 g/mol. The summed E-state index contributed by atoms with van der Waals surface area (Å²) < 4.78 is 19.3. The first-order chi connectivity index (χ1) is 16.4. The summed E-state index contributed by atoms with van der Waals surface area (Å²) in [4.78, 5) is 30.8. The van der Waals surface area contributed by atoms with Crippen LogP contribution < -0.4 is 5.32 Å². The third-order valence-corrected chi connectivity index (χ3v) is 8.34. The van der Waals surface area contributed by atoms with Gasteiger partial charge in [-0.15, -0.1) is 11.3 Å². The van der Waals surface area contributed by atoms with Crippen LogP contribution in [0.25, 0.3) is 33.6 Å². The van der Waals surface area contributed by atoms with E-state index < -0.39 is 0 Å². The van der Waals surface area contributed by atoms with Crippen LogP contribution in [0.15, 0.2) is 46.2 Å². The highest BCUT2D eigenvalue weighted by atomic mass is 35.5. The maximum Gasteiger partial charge on any atom is 0.255 e. The number of aromatic nitrogens is 1. The van der Waals surface area contributed by atoms with Gasteiger partial charge in [0.1, 0.15) is 16.7 Å². The van der Waals surface area contributed by atoms with Crippen LogP contribution in [0.1, 0.15) is 45.7 Å². The highest BCUT2D eigenvalue weighted by Crippen LogP contribution is 2.66. The minimum atomic E-state index is -0.387. The van der Waals surface area contributed by atoms with E-state index in [4.69, 9.17) is 16.0 Å². The van der Waals surface area contributed by atoms with Gasteiger partial charge in [0.2, 0.25) is 5.71 Å². The second kappa shape index (κ2) is 7.75. The molecule has 0 spiro atoms. The number of amides is 1. The number of fused-ring (bicyclic) bond motifs is 1. The summed E-state index contributed by atoms with van der Waals surface area (Å²) in [6.07, 6.45) is 4.16. The van der Waals surface area contributed by atoms with E-state index in [9.17, 15) is 14.0 Å². The molecular formula is C26H20ClFN2O3S. The number of thiophene rings is 1. The van der Waals surface area contributed by atoms with Gasteiger partial charge >= 0.3 is 0 Å². The van der Waals surface area contributed by atoms with E-state index in [0.717, 1.165) is 11.5 Å². The number of hydrogen-bond acceptors (Lipinski definition) is 5. The summed E-state index contributed by atoms with van der Waals surface area (Å²) in [5, 5.41) is 5.23. The Morgan fingerprint density at radius 3 is 2.59 bits per heavy atom. The van der Waals surface area contributed by atoms with Gasteiger partial charge in [-0.25, -0.2) is 9.37 Å². The molecule has 1 aromatic carbocycles. The lowest BCUT2D eigenvalue weighted by atomic mass is 9.43. The van der Waals surface area contributed by atoms with Crippen molar-refractivity contribution in [3.63, 3.8) is 0 Å². The van der Waals surface area contributed by atoms with Crippen molar-refractivity contribution in [3.8, 4) is 22.5 Å². The van der Waals surface area contributed by atoms with Gasteiger partial charge in [-0.3, -0.25) is 9.59 Å². The second-order valence-corrected chi connectivity index (χ2v) is 10.6. The van der Waals surface area contributed by atoms with Crippen LogP contribution >= 0.6 is 22.9 Å². The number of carbonyl (C=O) groups excluding carboxylic acids is 2. The Balaban J connectivity index is 1.41. The molecule has 3 aliphatic rings. The first kappa shape index (κ1) is 21.5. The Morgan fingerprint density at radius 2 is 1.94 bits per heavy atom. The molecule has 8 heteroatoms. The van der Waals surface area contributed by atoms with Crippen LogP contribution in [-0.2, 0) is 0 Å². The third-order valence-electron chi connectivity index (χ3n) is 7.08. The number of halogens is 2. The highest BCUT2D eigenvalue weighted by Gasteiger charge is 2.56. The molecule has 1 N–H and O–H groups in total. The minimum Gasteiger partial charge on any atom is -0.437 e. The zero-order valence-corrected chi connectivity index (χ0v) is 19.9. The molecule has 0 saturated heterocycles. The third kappa shape index (κ3) is 3.37. The van der Waals surface area contributed by atoms with Crippen LogP contribution in [0, 0.1) is 17.2 Å². The quantitative estimate of drug-likeness (QED) is 0.238. The number of nitrogens with one attached hydrogen (secondary N) is 1. The number of carbonyl (C=O) groups is 2. The Labute approximate surface area is 203 Å². The Hall–Kier alpha value is -3.03. The van der Waals surface area contributed by atoms with Crippen molar-refractivity contribution in [2.75, 3.05) is 7.05 Å². The number of ketones is 1. The maximum absolute atomic E-state index is 13.4. The van der Waals surface area contributed by atoms with Crippen molar-refractivity contribution in [3.05, 3.63) is 63.2 Å². The van der Waals surface area contributed by atoms with E-state index in [1.807, 2.05) is 11.4 Å². The SMILES string of the molecule is CNC(=O)c1c(-c2ccc(F)cc2)oc2nc(Cl)c(-c3csc(C(=O)CC45CC(C4)C5)c3)cc12. The monoisotopic (exact) mass is 494 g/mol. The predicted octanol–water partition coefficient (Wildman–Crippen LogP) is 6.75. The van der Waals surface area contributed by atoms with Gasteiger partial charge in [-0.2, -0.15) is 0 Å². The minimum absolute atomic E-state index is 0.174. The van der Waals surface area contributed by atoms with E-state index in [0.29, 0.717) is 33.4 Å². The van der Waals surface area contributed by atoms with Gasteiger partial charge in [0.25, 0.3) is 5.91 Å². The number of pyridine rings is 1. The standard InChI is InChI=1S/C26H20ClFN2O3S/c1-29-24(32)21-18-7-17(15-6-20(34-12-15)19(31)11-26-8-13(9-26)10-26)23(27)30-25(18)33-22(21)14-2-4-16(28)5-3-14/h2-7,12-13H,8-11H2,1H3,(H,29,32). The molecule has 34 heavy (non-hydrogen) atoms. The molecule has 3 aliphatic carbocycles. The number of rotatable bonds is 6. The van der Waals surface area contributed by atoms with E-state index in [2.05, 4.69) is 10.3 Å². The molecule has 3 aromatic heterocycles. The zero-order chi connectivity index (χ0) is 23.6. The second-order valence-electron chi connectivity index (χ2n) is 9.35. The fourth-order valence-corrected chi connectivity index (χ4v) is 6.37. The van der Waals surface area contributed by atoms with Gasteiger partial charge in [-0.1, -0.05) is 11.6 Å². The summed E-state index contributed by atoms with van der Waals surface area (Å²) in [5.74, 6) is 0.560. The molecule has 0 unspecified atom stereocenters. The average Bonchev–Trinajstić information content (AvgIpc) is 3.39. The van der Waals surface area contributed by atoms with Gasteiger partial charge < -0.3 is 9.73 Å². The molecule has 0 aliphatic heterocycles. The van der Waals surface area contributed by atoms with Crippen molar-refractivity contribution in [2.45, 2.75) is 25.7 Å². The van der Waals surface area contributed by atoms with Crippen LogP contribution in [0.4, 0.5) is 4.39 Å². The van der Waals surface area contributed by atoms with Gasteiger partial charge in [-0.05, 0) is 77.9 Å². The normalized spacial score (nSPS) is 20.6. The summed E-state index contributed by atoms with van der Waals surface area (Å²) in [5.41, 5.74) is 2.70. The summed E-state index contributed by atoms with van der Waals surface area (Å²) >= 11 is 7.91. The fourth-order valence-electron chi connectivity index (χ4n) is 5.29. The van der Waals surface area contributed by atoms with Crippen molar-refractivity contribution in [1.29, 1.82) is 0 Å². The number of benzene rings is 1. The molecule has 5 nitrogen and oxygen atoms in total. The Kier molecular flexibility index (Phi) is 4.90. The molecule has 3 heterocycles. The van der Waals surface area contributed by atoms with Crippen LogP contribution in [-0.4, -0.2) is 23.7 Å². The van der Waals surface area contributed by atoms with E-state index in [1.54, 1.807) is 18.2 Å². The molecule has 1 amide bonds. The lowest BCUT2D eigenvalue weighted by Crippen LogP contribution is -2.52. The molecule has 2 bridgehead atoms. The first-order valence-electron chi connectivity index (χ1n) is 11.1. The number of nitrogens with zero attached hydrogens (tertiary/aromatic N) is 1. The largest absolute Gasteiger partial charge is 0.437 e. The van der Waals surface area contributed by atoms with Gasteiger partial charge in [0, 0.05) is 24.6 Å². The molecule has 3 saturated carbocycles. The molecular weight excluding hydrogens is 475 g/mol. The number of furan rings is 1. The highest BCUT2D eigenvalue weighted by molar-refractivity contribution is 7.12. The van der Waals surface area contributed by atoms with Crippen molar-refractivity contribution < 1.29 is 18.4 Å². The lowest BCUT2D eigenvalue weighted by molar-refractivity contribution is -0.103. The van der Waals surface area contributed by atoms with Crippen molar-refractivity contribution in [1.82, 2.24) is 10.3 Å². The van der Waals surface area contributed by atoms with Crippen LogP contribution in [0.3, 0.4) is 0 Å². The van der Waals surface area contributed by atoms with E-state index in [-0.39, 0.29) is 39.5 Å². The van der Waals surface area contributed by atoms with Crippen molar-refractivity contribution in [2.24, 2.45) is 11.3 Å². The van der Waals surface area contributed by atoms with Gasteiger partial charge in [0.05, 0.1) is 15.8 Å². The molecule has 4 aromatic rings. The number of hydrogen-bond donors (Lipinski definition) is 1. The predicted molar refractivity (Wildman–Crippen MR) is 130 cm³/mol. The molecule has 3 fully saturated rings. The molecule has 172 valence electrons. The summed E-state index contributed by atoms with van der Waals surface area (Å²) in [6.45, 7) is 0. The van der Waals surface area contributed by atoms with E-state index >= 15 is 0 Å². The molecule has 0 radical (unpaired) electrons. The maximum atomic E-state index is 13.4. The van der Waals surface area contributed by atoms with Crippen LogP contribution in [0.2, 0.25) is 5.15 Å². The van der Waals surface area contributed by atoms with E-state index in [1.165, 1.54) is 49.8 Å². The zero-order valence-electron chi connectivity index (χ0n) is 18.3. The Morgan fingerprint density at radius 1 is 1.21 bits per heavy atom. The topological polar surface area (TPSA) is 72.2 Å². The Bertz CT molecular complexity index is 1460.